The van der Waals surface area contributed by atoms with E-state index in [1.807, 2.05) is 19.1 Å². The van der Waals surface area contributed by atoms with Crippen molar-refractivity contribution in [2.45, 2.75) is 76.4 Å². The van der Waals surface area contributed by atoms with Gasteiger partial charge in [-0.3, -0.25) is 9.78 Å². The number of halogens is 1. The second-order valence-corrected chi connectivity index (χ2v) is 9.10. The minimum atomic E-state index is -0.239. The van der Waals surface area contributed by atoms with Crippen LogP contribution in [0.3, 0.4) is 0 Å². The van der Waals surface area contributed by atoms with E-state index >= 15 is 0 Å². The molecule has 5 heteroatoms. The minimum Gasteiger partial charge on any atom is -0.393 e. The van der Waals surface area contributed by atoms with Crippen LogP contribution >= 0.6 is 11.6 Å². The van der Waals surface area contributed by atoms with Crippen LogP contribution in [0, 0.1) is 5.92 Å². The van der Waals surface area contributed by atoms with Crippen LogP contribution in [0.15, 0.2) is 24.4 Å². The van der Waals surface area contributed by atoms with Crippen molar-refractivity contribution in [3.8, 4) is 0 Å². The Hall–Kier alpha value is -1.65. The average molecular weight is 401 g/mol. The molecule has 1 aromatic heterocycles. The highest BCUT2D eigenvalue weighted by Crippen LogP contribution is 2.41. The Bertz CT molecular complexity index is 855. The van der Waals surface area contributed by atoms with Crippen molar-refractivity contribution in [1.29, 1.82) is 0 Å². The van der Waals surface area contributed by atoms with Crippen molar-refractivity contribution in [3.05, 3.63) is 40.5 Å². The maximum Gasteiger partial charge on any atom is 0.253 e. The number of aliphatic hydroxyl groups excluding tert-OH is 1. The van der Waals surface area contributed by atoms with E-state index in [-0.39, 0.29) is 18.1 Å². The number of hydrogen-bond acceptors (Lipinski definition) is 3. The predicted octanol–water partition coefficient (Wildman–Crippen LogP) is 5.22. The molecule has 2 saturated carbocycles. The number of fused-ring (bicyclic) bond motifs is 1. The third-order valence-corrected chi connectivity index (χ3v) is 6.79. The summed E-state index contributed by atoms with van der Waals surface area (Å²) in [6, 6.07) is 6.15. The third kappa shape index (κ3) is 4.33. The Balaban J connectivity index is 1.42. The van der Waals surface area contributed by atoms with E-state index in [1.165, 1.54) is 24.8 Å². The average Bonchev–Trinajstić information content (AvgIpc) is 2.61. The molecule has 0 spiro atoms. The van der Waals surface area contributed by atoms with Crippen LogP contribution in [0.5, 0.6) is 0 Å². The number of nitrogens with one attached hydrogen (secondary N) is 1. The Morgan fingerprint density at radius 1 is 1.21 bits per heavy atom. The first-order valence-electron chi connectivity index (χ1n) is 10.6. The summed E-state index contributed by atoms with van der Waals surface area (Å²) in [6.45, 7) is 1.85. The molecule has 150 valence electrons. The molecule has 4 rings (SSSR count). The van der Waals surface area contributed by atoms with Gasteiger partial charge in [0, 0.05) is 22.6 Å². The fourth-order valence-corrected chi connectivity index (χ4v) is 4.94. The minimum absolute atomic E-state index is 0.0624. The SMILES string of the molecule is CC(O)C[C@H]1CC[C@H](NC(=O)c2cnc3cc(C4CCC4)c(Cl)cc3c2)CC1. The molecular weight excluding hydrogens is 372 g/mol. The zero-order valence-electron chi connectivity index (χ0n) is 16.5. The van der Waals surface area contributed by atoms with Crippen LogP contribution in [-0.4, -0.2) is 28.1 Å². The second kappa shape index (κ2) is 8.38. The normalized spacial score (nSPS) is 24.0. The van der Waals surface area contributed by atoms with Gasteiger partial charge in [-0.1, -0.05) is 18.0 Å². The monoisotopic (exact) mass is 400 g/mol. The fourth-order valence-electron chi connectivity index (χ4n) is 4.61. The van der Waals surface area contributed by atoms with Crippen LogP contribution in [0.25, 0.3) is 10.9 Å². The first-order valence-corrected chi connectivity index (χ1v) is 11.0. The number of nitrogens with zero attached hydrogens (tertiary/aromatic N) is 1. The quantitative estimate of drug-likeness (QED) is 0.723. The molecule has 1 atom stereocenters. The molecule has 4 nitrogen and oxygen atoms in total. The number of rotatable bonds is 5. The molecule has 0 saturated heterocycles. The van der Waals surface area contributed by atoms with Crippen LogP contribution in [-0.2, 0) is 0 Å². The molecule has 1 aromatic carbocycles. The van der Waals surface area contributed by atoms with Gasteiger partial charge in [-0.05, 0) is 87.5 Å². The van der Waals surface area contributed by atoms with E-state index in [0.29, 0.717) is 17.4 Å². The van der Waals surface area contributed by atoms with E-state index in [2.05, 4.69) is 16.4 Å². The van der Waals surface area contributed by atoms with Crippen molar-refractivity contribution in [1.82, 2.24) is 10.3 Å². The van der Waals surface area contributed by atoms with E-state index in [0.717, 1.165) is 48.0 Å². The number of hydrogen-bond donors (Lipinski definition) is 2. The third-order valence-electron chi connectivity index (χ3n) is 6.46. The number of aromatic nitrogens is 1. The van der Waals surface area contributed by atoms with Gasteiger partial charge in [-0.25, -0.2) is 0 Å². The summed E-state index contributed by atoms with van der Waals surface area (Å²) in [4.78, 5) is 17.2. The van der Waals surface area contributed by atoms with Gasteiger partial charge in [-0.15, -0.1) is 0 Å². The lowest BCUT2D eigenvalue weighted by Crippen LogP contribution is -2.38. The first kappa shape index (κ1) is 19.7. The van der Waals surface area contributed by atoms with Gasteiger partial charge < -0.3 is 10.4 Å². The van der Waals surface area contributed by atoms with Gasteiger partial charge in [0.15, 0.2) is 0 Å². The summed E-state index contributed by atoms with van der Waals surface area (Å²) < 4.78 is 0. The number of carbonyl (C=O) groups is 1. The van der Waals surface area contributed by atoms with Gasteiger partial charge >= 0.3 is 0 Å². The van der Waals surface area contributed by atoms with Crippen molar-refractivity contribution >= 4 is 28.4 Å². The van der Waals surface area contributed by atoms with Gasteiger partial charge in [0.2, 0.25) is 0 Å². The van der Waals surface area contributed by atoms with Crippen molar-refractivity contribution < 1.29 is 9.90 Å². The lowest BCUT2D eigenvalue weighted by atomic mass is 9.80. The van der Waals surface area contributed by atoms with E-state index in [9.17, 15) is 9.90 Å². The standard InChI is InChI=1S/C23H29ClN2O2/c1-14(27)9-15-5-7-19(8-6-15)26-23(28)18-10-17-11-21(24)20(16-3-2-4-16)12-22(17)25-13-18/h10-16,19,27H,2-9H2,1H3,(H,26,28)/t14?,15-,19-. The molecule has 2 fully saturated rings. The Kier molecular flexibility index (Phi) is 5.88. The van der Waals surface area contributed by atoms with Crippen molar-refractivity contribution in [3.63, 3.8) is 0 Å². The highest BCUT2D eigenvalue weighted by atomic mass is 35.5. The first-order chi connectivity index (χ1) is 13.5. The van der Waals surface area contributed by atoms with Crippen molar-refractivity contribution in [2.24, 2.45) is 5.92 Å². The maximum atomic E-state index is 12.7. The Labute approximate surface area is 171 Å². The van der Waals surface area contributed by atoms with Gasteiger partial charge in [0.1, 0.15) is 0 Å². The van der Waals surface area contributed by atoms with Gasteiger partial charge in [-0.2, -0.15) is 0 Å². The van der Waals surface area contributed by atoms with E-state index < -0.39 is 0 Å². The molecular formula is C23H29ClN2O2. The molecule has 1 amide bonds. The van der Waals surface area contributed by atoms with Crippen LogP contribution in [0.2, 0.25) is 5.02 Å². The Morgan fingerprint density at radius 2 is 1.96 bits per heavy atom. The number of pyridine rings is 1. The number of amides is 1. The second-order valence-electron chi connectivity index (χ2n) is 8.69. The molecule has 2 N–H and O–H groups in total. The molecule has 0 radical (unpaired) electrons. The molecule has 1 unspecified atom stereocenters. The number of carbonyl (C=O) groups excluding carboxylic acids is 1. The summed E-state index contributed by atoms with van der Waals surface area (Å²) in [6.07, 6.45) is 10.0. The summed E-state index contributed by atoms with van der Waals surface area (Å²) in [5.41, 5.74) is 2.69. The highest BCUT2D eigenvalue weighted by Gasteiger charge is 2.25. The summed E-state index contributed by atoms with van der Waals surface area (Å²) in [5, 5.41) is 14.4. The molecule has 28 heavy (non-hydrogen) atoms. The fraction of sp³-hybridized carbons (Fsp3) is 0.565. The number of aliphatic hydroxyl groups is 1. The lowest BCUT2D eigenvalue weighted by Gasteiger charge is -2.29. The molecule has 2 aliphatic carbocycles. The molecule has 2 aromatic rings. The maximum absolute atomic E-state index is 12.7. The Morgan fingerprint density at radius 3 is 2.61 bits per heavy atom. The smallest absolute Gasteiger partial charge is 0.253 e. The zero-order valence-corrected chi connectivity index (χ0v) is 17.2. The molecule has 1 heterocycles. The predicted molar refractivity (Wildman–Crippen MR) is 113 cm³/mol. The molecule has 0 aliphatic heterocycles. The molecule has 2 aliphatic rings. The topological polar surface area (TPSA) is 62.2 Å². The lowest BCUT2D eigenvalue weighted by molar-refractivity contribution is 0.0910. The summed E-state index contributed by atoms with van der Waals surface area (Å²) >= 11 is 6.50. The van der Waals surface area contributed by atoms with Crippen LogP contribution in [0.1, 0.15) is 80.1 Å². The largest absolute Gasteiger partial charge is 0.393 e. The molecule has 0 bridgehead atoms. The zero-order chi connectivity index (χ0) is 19.7. The number of benzene rings is 1. The van der Waals surface area contributed by atoms with Gasteiger partial charge in [0.25, 0.3) is 5.91 Å². The van der Waals surface area contributed by atoms with Crippen molar-refractivity contribution in [2.75, 3.05) is 0 Å². The van der Waals surface area contributed by atoms with Gasteiger partial charge in [0.05, 0.1) is 17.2 Å². The van der Waals surface area contributed by atoms with Crippen LogP contribution < -0.4 is 5.32 Å². The highest BCUT2D eigenvalue weighted by molar-refractivity contribution is 6.32. The van der Waals surface area contributed by atoms with E-state index in [4.69, 9.17) is 11.6 Å². The summed E-state index contributed by atoms with van der Waals surface area (Å²) in [7, 11) is 0. The van der Waals surface area contributed by atoms with Crippen LogP contribution in [0.4, 0.5) is 0 Å². The van der Waals surface area contributed by atoms with E-state index in [1.54, 1.807) is 6.20 Å². The summed E-state index contributed by atoms with van der Waals surface area (Å²) in [5.74, 6) is 1.07.